The first-order valence-electron chi connectivity index (χ1n) is 6.27. The summed E-state index contributed by atoms with van der Waals surface area (Å²) in [4.78, 5) is 6.64. The minimum atomic E-state index is 0.185. The molecule has 94 valence electrons. The summed E-state index contributed by atoms with van der Waals surface area (Å²) < 4.78 is 0. The molecule has 1 atom stereocenters. The number of aliphatic hydroxyl groups excluding tert-OH is 1. The lowest BCUT2D eigenvalue weighted by Crippen LogP contribution is -2.30. The van der Waals surface area contributed by atoms with Gasteiger partial charge in [0.25, 0.3) is 0 Å². The number of hydrogen-bond acceptors (Lipinski definition) is 4. The first kappa shape index (κ1) is 12.3. The zero-order valence-electron chi connectivity index (χ0n) is 10.6. The van der Waals surface area contributed by atoms with Crippen LogP contribution in [-0.4, -0.2) is 36.3 Å². The summed E-state index contributed by atoms with van der Waals surface area (Å²) in [6.45, 7) is 2.99. The lowest BCUT2D eigenvalue weighted by molar-refractivity contribution is 0.301. The summed E-state index contributed by atoms with van der Waals surface area (Å²) in [6.07, 6.45) is 4.28. The molecule has 1 fully saturated rings. The molecule has 1 aliphatic rings. The monoisotopic (exact) mass is 235 g/mol. The van der Waals surface area contributed by atoms with Gasteiger partial charge in [-0.15, -0.1) is 0 Å². The molecule has 0 amide bonds. The van der Waals surface area contributed by atoms with Gasteiger partial charge < -0.3 is 15.3 Å². The Bertz CT molecular complexity index is 365. The van der Waals surface area contributed by atoms with E-state index in [1.54, 1.807) is 0 Å². The van der Waals surface area contributed by atoms with Crippen molar-refractivity contribution in [3.8, 4) is 0 Å². The van der Waals surface area contributed by atoms with Gasteiger partial charge in [-0.25, -0.2) is 4.98 Å². The predicted molar refractivity (Wildman–Crippen MR) is 69.2 cm³/mol. The van der Waals surface area contributed by atoms with Crippen molar-refractivity contribution in [3.63, 3.8) is 0 Å². The highest BCUT2D eigenvalue weighted by atomic mass is 16.3. The molecule has 1 aliphatic carbocycles. The highest BCUT2D eigenvalue weighted by Gasteiger charge is 2.29. The van der Waals surface area contributed by atoms with Crippen molar-refractivity contribution in [2.24, 2.45) is 0 Å². The van der Waals surface area contributed by atoms with Crippen molar-refractivity contribution in [2.45, 2.75) is 31.8 Å². The molecule has 0 radical (unpaired) electrons. The Morgan fingerprint density at radius 3 is 2.94 bits per heavy atom. The molecule has 2 N–H and O–H groups in total. The molecule has 0 aliphatic heterocycles. The van der Waals surface area contributed by atoms with Crippen LogP contribution < -0.4 is 10.2 Å². The summed E-state index contributed by atoms with van der Waals surface area (Å²) in [5, 5.41) is 12.3. The summed E-state index contributed by atoms with van der Waals surface area (Å²) in [5.74, 6) is 0.987. The molecular weight excluding hydrogens is 214 g/mol. The Hall–Kier alpha value is -1.13. The van der Waals surface area contributed by atoms with E-state index in [2.05, 4.69) is 28.2 Å². The quantitative estimate of drug-likeness (QED) is 0.781. The second-order valence-corrected chi connectivity index (χ2v) is 4.61. The molecule has 0 bridgehead atoms. The SMILES string of the molecule is CNC(C)c1ccnc(N(CCO)C2CC2)c1. The van der Waals surface area contributed by atoms with Crippen LogP contribution in [0.5, 0.6) is 0 Å². The van der Waals surface area contributed by atoms with E-state index >= 15 is 0 Å². The number of anilines is 1. The fourth-order valence-corrected chi connectivity index (χ4v) is 2.01. The Morgan fingerprint density at radius 2 is 2.35 bits per heavy atom. The summed E-state index contributed by atoms with van der Waals surface area (Å²) >= 11 is 0. The number of nitrogens with zero attached hydrogens (tertiary/aromatic N) is 2. The van der Waals surface area contributed by atoms with Gasteiger partial charge in [0.05, 0.1) is 6.61 Å². The van der Waals surface area contributed by atoms with Gasteiger partial charge in [0, 0.05) is 24.8 Å². The number of aliphatic hydroxyl groups is 1. The maximum atomic E-state index is 9.12. The average molecular weight is 235 g/mol. The number of pyridine rings is 1. The van der Waals surface area contributed by atoms with Crippen LogP contribution in [0.4, 0.5) is 5.82 Å². The topological polar surface area (TPSA) is 48.4 Å². The molecule has 0 aromatic carbocycles. The van der Waals surface area contributed by atoms with E-state index in [1.807, 2.05) is 19.3 Å². The van der Waals surface area contributed by atoms with Crippen molar-refractivity contribution in [1.82, 2.24) is 10.3 Å². The van der Waals surface area contributed by atoms with Gasteiger partial charge in [0.2, 0.25) is 0 Å². The number of aromatic nitrogens is 1. The minimum absolute atomic E-state index is 0.185. The fourth-order valence-electron chi connectivity index (χ4n) is 2.01. The third kappa shape index (κ3) is 2.96. The van der Waals surface area contributed by atoms with Crippen LogP contribution in [-0.2, 0) is 0 Å². The molecule has 0 spiro atoms. The maximum Gasteiger partial charge on any atom is 0.129 e. The zero-order valence-corrected chi connectivity index (χ0v) is 10.6. The second kappa shape index (κ2) is 5.47. The number of nitrogens with one attached hydrogen (secondary N) is 1. The van der Waals surface area contributed by atoms with E-state index in [1.165, 1.54) is 18.4 Å². The molecule has 1 aromatic rings. The van der Waals surface area contributed by atoms with Crippen LogP contribution in [0.2, 0.25) is 0 Å². The van der Waals surface area contributed by atoms with Crippen LogP contribution in [0.25, 0.3) is 0 Å². The second-order valence-electron chi connectivity index (χ2n) is 4.61. The normalized spacial score (nSPS) is 16.9. The van der Waals surface area contributed by atoms with E-state index in [-0.39, 0.29) is 6.61 Å². The van der Waals surface area contributed by atoms with Crippen molar-refractivity contribution in [2.75, 3.05) is 25.1 Å². The van der Waals surface area contributed by atoms with Crippen LogP contribution in [0, 0.1) is 0 Å². The molecule has 17 heavy (non-hydrogen) atoms. The van der Waals surface area contributed by atoms with E-state index in [4.69, 9.17) is 5.11 Å². The molecule has 1 heterocycles. The van der Waals surface area contributed by atoms with Crippen molar-refractivity contribution in [3.05, 3.63) is 23.9 Å². The summed E-state index contributed by atoms with van der Waals surface area (Å²) in [6, 6.07) is 5.06. The standard InChI is InChI=1S/C13H21N3O/c1-10(14-2)11-5-6-15-13(9-11)16(7-8-17)12-3-4-12/h5-6,9-10,12,14,17H,3-4,7-8H2,1-2H3. The van der Waals surface area contributed by atoms with E-state index in [9.17, 15) is 0 Å². The predicted octanol–water partition coefficient (Wildman–Crippen LogP) is 1.32. The van der Waals surface area contributed by atoms with E-state index in [0.717, 1.165) is 5.82 Å². The van der Waals surface area contributed by atoms with Gasteiger partial charge in [0.15, 0.2) is 0 Å². The number of hydrogen-bond donors (Lipinski definition) is 2. The van der Waals surface area contributed by atoms with Crippen molar-refractivity contribution < 1.29 is 5.11 Å². The first-order chi connectivity index (χ1) is 8.26. The minimum Gasteiger partial charge on any atom is -0.395 e. The van der Waals surface area contributed by atoms with Crippen LogP contribution in [0.1, 0.15) is 31.4 Å². The highest BCUT2D eigenvalue weighted by molar-refractivity contribution is 5.44. The van der Waals surface area contributed by atoms with Gasteiger partial charge >= 0.3 is 0 Å². The van der Waals surface area contributed by atoms with Gasteiger partial charge in [-0.2, -0.15) is 0 Å². The number of rotatable bonds is 6. The molecule has 4 nitrogen and oxygen atoms in total. The molecule has 2 rings (SSSR count). The van der Waals surface area contributed by atoms with Gasteiger partial charge in [0.1, 0.15) is 5.82 Å². The molecule has 1 aromatic heterocycles. The zero-order chi connectivity index (χ0) is 12.3. The third-order valence-electron chi connectivity index (χ3n) is 3.33. The molecule has 1 saturated carbocycles. The van der Waals surface area contributed by atoms with Gasteiger partial charge in [-0.1, -0.05) is 0 Å². The summed E-state index contributed by atoms with van der Waals surface area (Å²) in [7, 11) is 1.96. The maximum absolute atomic E-state index is 9.12. The lowest BCUT2D eigenvalue weighted by atomic mass is 10.1. The van der Waals surface area contributed by atoms with E-state index in [0.29, 0.717) is 18.6 Å². The molecule has 4 heteroatoms. The van der Waals surface area contributed by atoms with Crippen LogP contribution >= 0.6 is 0 Å². The molecule has 1 unspecified atom stereocenters. The van der Waals surface area contributed by atoms with Gasteiger partial charge in [-0.3, -0.25) is 0 Å². The fraction of sp³-hybridized carbons (Fsp3) is 0.615. The first-order valence-corrected chi connectivity index (χ1v) is 6.27. The molecular formula is C13H21N3O. The van der Waals surface area contributed by atoms with Crippen LogP contribution in [0.3, 0.4) is 0 Å². The Balaban J connectivity index is 2.18. The average Bonchev–Trinajstić information content (AvgIpc) is 3.19. The van der Waals surface area contributed by atoms with Crippen LogP contribution in [0.15, 0.2) is 18.3 Å². The lowest BCUT2D eigenvalue weighted by Gasteiger charge is -2.23. The largest absolute Gasteiger partial charge is 0.395 e. The Labute approximate surface area is 103 Å². The van der Waals surface area contributed by atoms with Gasteiger partial charge in [-0.05, 0) is 44.5 Å². The third-order valence-corrected chi connectivity index (χ3v) is 3.33. The van der Waals surface area contributed by atoms with Crippen molar-refractivity contribution in [1.29, 1.82) is 0 Å². The summed E-state index contributed by atoms with van der Waals surface area (Å²) in [5.41, 5.74) is 1.24. The highest BCUT2D eigenvalue weighted by Crippen LogP contribution is 2.31. The Morgan fingerprint density at radius 1 is 1.59 bits per heavy atom. The molecule has 0 saturated heterocycles. The smallest absolute Gasteiger partial charge is 0.129 e. The van der Waals surface area contributed by atoms with E-state index < -0.39 is 0 Å². The Kier molecular flexibility index (Phi) is 3.97. The van der Waals surface area contributed by atoms with Crippen molar-refractivity contribution >= 4 is 5.82 Å².